The standard InChI is InChI=1S/C8H17NO4.C2H6/c1-12-8(11)2-3-9-4-6-13-7-5-10;1-2/h9-10H,2-7H2,1H3;1-2H3. The zero-order valence-corrected chi connectivity index (χ0v) is 9.91. The predicted molar refractivity (Wildman–Crippen MR) is 58.8 cm³/mol. The van der Waals surface area contributed by atoms with Crippen LogP contribution >= 0.6 is 0 Å². The maximum absolute atomic E-state index is 10.6. The average Bonchev–Trinajstić information content (AvgIpc) is 2.30. The number of hydrogen-bond acceptors (Lipinski definition) is 5. The van der Waals surface area contributed by atoms with Crippen molar-refractivity contribution in [2.75, 3.05) is 40.0 Å². The minimum Gasteiger partial charge on any atom is -0.469 e. The summed E-state index contributed by atoms with van der Waals surface area (Å²) in [6.45, 7) is 6.22. The van der Waals surface area contributed by atoms with Gasteiger partial charge in [0.15, 0.2) is 0 Å². The van der Waals surface area contributed by atoms with Crippen LogP contribution < -0.4 is 5.32 Å². The van der Waals surface area contributed by atoms with E-state index >= 15 is 0 Å². The molecule has 2 N–H and O–H groups in total. The molecule has 0 aliphatic carbocycles. The van der Waals surface area contributed by atoms with E-state index in [1.165, 1.54) is 7.11 Å². The smallest absolute Gasteiger partial charge is 0.306 e. The number of nitrogens with one attached hydrogen (secondary N) is 1. The fraction of sp³-hybridized carbons (Fsp3) is 0.900. The van der Waals surface area contributed by atoms with Crippen molar-refractivity contribution in [2.24, 2.45) is 0 Å². The summed E-state index contributed by atoms with van der Waals surface area (Å²) in [7, 11) is 1.37. The van der Waals surface area contributed by atoms with Crippen molar-refractivity contribution in [2.45, 2.75) is 20.3 Å². The molecule has 0 saturated carbocycles. The van der Waals surface area contributed by atoms with Crippen molar-refractivity contribution < 1.29 is 19.4 Å². The third-order valence-electron chi connectivity index (χ3n) is 1.39. The van der Waals surface area contributed by atoms with Gasteiger partial charge in [0, 0.05) is 13.1 Å². The number of esters is 1. The Morgan fingerprint density at radius 3 is 2.47 bits per heavy atom. The highest BCUT2D eigenvalue weighted by Gasteiger charge is 1.97. The zero-order chi connectivity index (χ0) is 11.9. The molecule has 0 aromatic rings. The molecule has 0 fully saturated rings. The Kier molecular flexibility index (Phi) is 17.7. The monoisotopic (exact) mass is 221 g/mol. The van der Waals surface area contributed by atoms with E-state index in [9.17, 15) is 4.79 Å². The highest BCUT2D eigenvalue weighted by molar-refractivity contribution is 5.69. The minimum atomic E-state index is -0.219. The Hall–Kier alpha value is -0.650. The average molecular weight is 221 g/mol. The van der Waals surface area contributed by atoms with Crippen LogP contribution in [0.3, 0.4) is 0 Å². The molecule has 0 bridgehead atoms. The van der Waals surface area contributed by atoms with Crippen molar-refractivity contribution in [1.82, 2.24) is 5.32 Å². The number of rotatable bonds is 8. The first-order chi connectivity index (χ1) is 7.31. The number of hydrogen-bond donors (Lipinski definition) is 2. The first-order valence-electron chi connectivity index (χ1n) is 5.27. The van der Waals surface area contributed by atoms with Crippen LogP contribution in [0.5, 0.6) is 0 Å². The van der Waals surface area contributed by atoms with E-state index < -0.39 is 0 Å². The van der Waals surface area contributed by atoms with E-state index in [4.69, 9.17) is 9.84 Å². The molecule has 92 valence electrons. The second-order valence-electron chi connectivity index (χ2n) is 2.41. The van der Waals surface area contributed by atoms with Gasteiger partial charge in [-0.3, -0.25) is 4.79 Å². The Bertz CT molecular complexity index is 131. The highest BCUT2D eigenvalue weighted by Crippen LogP contribution is 1.80. The van der Waals surface area contributed by atoms with Crippen LogP contribution in [0.25, 0.3) is 0 Å². The van der Waals surface area contributed by atoms with E-state index in [0.717, 1.165) is 0 Å². The quantitative estimate of drug-likeness (QED) is 0.452. The molecule has 0 spiro atoms. The van der Waals surface area contributed by atoms with Gasteiger partial charge in [0.1, 0.15) is 0 Å². The lowest BCUT2D eigenvalue weighted by Gasteiger charge is -2.03. The van der Waals surface area contributed by atoms with Crippen molar-refractivity contribution in [3.63, 3.8) is 0 Å². The second kappa shape index (κ2) is 15.8. The Labute approximate surface area is 91.8 Å². The molecule has 0 amide bonds. The molecular weight excluding hydrogens is 198 g/mol. The molecule has 0 atom stereocenters. The molecule has 0 aromatic carbocycles. The van der Waals surface area contributed by atoms with Crippen LogP contribution in [0.15, 0.2) is 0 Å². The van der Waals surface area contributed by atoms with Crippen molar-refractivity contribution in [3.05, 3.63) is 0 Å². The summed E-state index contributed by atoms with van der Waals surface area (Å²) >= 11 is 0. The van der Waals surface area contributed by atoms with Gasteiger partial charge >= 0.3 is 5.97 Å². The molecule has 5 heteroatoms. The van der Waals surface area contributed by atoms with Gasteiger partial charge in [0.25, 0.3) is 0 Å². The van der Waals surface area contributed by atoms with E-state index in [0.29, 0.717) is 32.7 Å². The van der Waals surface area contributed by atoms with E-state index in [1.54, 1.807) is 0 Å². The summed E-state index contributed by atoms with van der Waals surface area (Å²) < 4.78 is 9.44. The number of carbonyl (C=O) groups is 1. The van der Waals surface area contributed by atoms with Crippen molar-refractivity contribution in [3.8, 4) is 0 Å². The first-order valence-corrected chi connectivity index (χ1v) is 5.27. The van der Waals surface area contributed by atoms with E-state index in [1.807, 2.05) is 13.8 Å². The Morgan fingerprint density at radius 1 is 1.27 bits per heavy atom. The summed E-state index contributed by atoms with van der Waals surface area (Å²) in [5.41, 5.74) is 0. The predicted octanol–water partition coefficient (Wildman–Crippen LogP) is 0.174. The molecule has 0 rings (SSSR count). The fourth-order valence-electron chi connectivity index (χ4n) is 0.728. The number of aliphatic hydroxyl groups excluding tert-OH is 1. The van der Waals surface area contributed by atoms with Gasteiger partial charge in [-0.2, -0.15) is 0 Å². The molecule has 0 unspecified atom stereocenters. The molecule has 0 aliphatic heterocycles. The molecule has 0 aromatic heterocycles. The molecule has 0 radical (unpaired) electrons. The molecule has 15 heavy (non-hydrogen) atoms. The fourth-order valence-corrected chi connectivity index (χ4v) is 0.728. The summed E-state index contributed by atoms with van der Waals surface area (Å²) in [5.74, 6) is -0.219. The second-order valence-corrected chi connectivity index (χ2v) is 2.41. The van der Waals surface area contributed by atoms with E-state index in [2.05, 4.69) is 10.1 Å². The number of methoxy groups -OCH3 is 1. The molecular formula is C10H23NO4. The normalized spacial score (nSPS) is 9.07. The molecule has 0 heterocycles. The van der Waals surface area contributed by atoms with Crippen LogP contribution in [-0.4, -0.2) is 51.1 Å². The lowest BCUT2D eigenvalue weighted by atomic mass is 10.4. The third kappa shape index (κ3) is 16.1. The van der Waals surface area contributed by atoms with Gasteiger partial charge in [-0.1, -0.05) is 13.8 Å². The maximum Gasteiger partial charge on any atom is 0.306 e. The third-order valence-corrected chi connectivity index (χ3v) is 1.39. The van der Waals surface area contributed by atoms with Gasteiger partial charge in [-0.15, -0.1) is 0 Å². The van der Waals surface area contributed by atoms with Gasteiger partial charge in [-0.25, -0.2) is 0 Å². The van der Waals surface area contributed by atoms with E-state index in [-0.39, 0.29) is 12.6 Å². The highest BCUT2D eigenvalue weighted by atomic mass is 16.5. The topological polar surface area (TPSA) is 67.8 Å². The van der Waals surface area contributed by atoms with Gasteiger partial charge < -0.3 is 19.9 Å². The van der Waals surface area contributed by atoms with Crippen LogP contribution in [0.4, 0.5) is 0 Å². The Morgan fingerprint density at radius 2 is 1.93 bits per heavy atom. The number of ether oxygens (including phenoxy) is 2. The Balaban J connectivity index is 0. The van der Waals surface area contributed by atoms with Crippen LogP contribution in [0.2, 0.25) is 0 Å². The first kappa shape index (κ1) is 16.8. The van der Waals surface area contributed by atoms with Gasteiger partial charge in [0.2, 0.25) is 0 Å². The summed E-state index contributed by atoms with van der Waals surface area (Å²) in [6, 6.07) is 0. The zero-order valence-electron chi connectivity index (χ0n) is 9.91. The van der Waals surface area contributed by atoms with Crippen molar-refractivity contribution in [1.29, 1.82) is 0 Å². The summed E-state index contributed by atoms with van der Waals surface area (Å²) in [5, 5.41) is 11.4. The SMILES string of the molecule is CC.COC(=O)CCNCCOCCO. The van der Waals surface area contributed by atoms with Gasteiger partial charge in [0.05, 0.1) is 33.4 Å². The van der Waals surface area contributed by atoms with Crippen LogP contribution in [0, 0.1) is 0 Å². The van der Waals surface area contributed by atoms with Crippen molar-refractivity contribution >= 4 is 5.97 Å². The maximum atomic E-state index is 10.6. The van der Waals surface area contributed by atoms with Crippen LogP contribution in [-0.2, 0) is 14.3 Å². The minimum absolute atomic E-state index is 0.0438. The summed E-state index contributed by atoms with van der Waals surface area (Å²) in [4.78, 5) is 10.6. The molecule has 0 saturated heterocycles. The molecule has 0 aliphatic rings. The van der Waals surface area contributed by atoms with Crippen LogP contribution in [0.1, 0.15) is 20.3 Å². The molecule has 5 nitrogen and oxygen atoms in total. The van der Waals surface area contributed by atoms with Gasteiger partial charge in [-0.05, 0) is 0 Å². The number of carbonyl (C=O) groups excluding carboxylic acids is 1. The number of aliphatic hydroxyl groups is 1. The summed E-state index contributed by atoms with van der Waals surface area (Å²) in [6.07, 6.45) is 0.372. The largest absolute Gasteiger partial charge is 0.469 e. The lowest BCUT2D eigenvalue weighted by molar-refractivity contribution is -0.140. The lowest BCUT2D eigenvalue weighted by Crippen LogP contribution is -2.23.